The lowest BCUT2D eigenvalue weighted by molar-refractivity contribution is -0.137. The van der Waals surface area contributed by atoms with E-state index in [1.54, 1.807) is 0 Å². The summed E-state index contributed by atoms with van der Waals surface area (Å²) >= 11 is 0. The molecule has 0 heterocycles. The molecule has 14 heavy (non-hydrogen) atoms. The minimum Gasteiger partial charge on any atom is -0.481 e. The van der Waals surface area contributed by atoms with Crippen molar-refractivity contribution in [1.82, 2.24) is 0 Å². The monoisotopic (exact) mass is 214 g/mol. The van der Waals surface area contributed by atoms with Crippen LogP contribution in [0.4, 0.5) is 0 Å². The van der Waals surface area contributed by atoms with E-state index in [1.165, 1.54) is 0 Å². The highest BCUT2D eigenvalue weighted by Crippen LogP contribution is 2.02. The van der Waals surface area contributed by atoms with Crippen LogP contribution in [0.2, 0.25) is 19.6 Å². The molecule has 0 aromatic rings. The summed E-state index contributed by atoms with van der Waals surface area (Å²) in [6.45, 7) is 6.30. The van der Waals surface area contributed by atoms with Crippen LogP contribution in [0.5, 0.6) is 0 Å². The number of carboxylic acids is 1. The quantitative estimate of drug-likeness (QED) is 0.550. The van der Waals surface area contributed by atoms with E-state index in [1.807, 2.05) is 0 Å². The molecule has 0 unspecified atom stereocenters. The standard InChI is InChI=1S/C10H18O3Si/c1-14(2,3)8-7-9(11)5-4-6-10(12)13/h9,11H,4-6H2,1-3H3,(H,12,13)/t9-/m0/s1. The molecule has 0 bridgehead atoms. The summed E-state index contributed by atoms with van der Waals surface area (Å²) in [4.78, 5) is 10.2. The average Bonchev–Trinajstić information content (AvgIpc) is 1.99. The first kappa shape index (κ1) is 13.2. The third-order valence-corrected chi connectivity index (χ3v) is 2.38. The first-order chi connectivity index (χ1) is 6.31. The third-order valence-electron chi connectivity index (χ3n) is 1.48. The third kappa shape index (κ3) is 9.30. The SMILES string of the molecule is C[Si](C)(C)C#C[C@@H](O)CCCC(=O)O. The van der Waals surface area contributed by atoms with Gasteiger partial charge in [-0.05, 0) is 12.8 Å². The lowest BCUT2D eigenvalue weighted by Crippen LogP contribution is -2.18. The van der Waals surface area contributed by atoms with Crippen molar-refractivity contribution in [2.75, 3.05) is 0 Å². The number of aliphatic hydroxyl groups excluding tert-OH is 1. The van der Waals surface area contributed by atoms with Crippen LogP contribution in [0.1, 0.15) is 19.3 Å². The maximum atomic E-state index is 10.2. The molecular weight excluding hydrogens is 196 g/mol. The van der Waals surface area contributed by atoms with Crippen molar-refractivity contribution < 1.29 is 15.0 Å². The molecule has 0 aliphatic carbocycles. The molecule has 0 aliphatic heterocycles. The van der Waals surface area contributed by atoms with Gasteiger partial charge in [0.05, 0.1) is 0 Å². The van der Waals surface area contributed by atoms with Crippen molar-refractivity contribution in [3.8, 4) is 11.5 Å². The van der Waals surface area contributed by atoms with Crippen LogP contribution in [0.15, 0.2) is 0 Å². The van der Waals surface area contributed by atoms with Crippen molar-refractivity contribution in [3.05, 3.63) is 0 Å². The van der Waals surface area contributed by atoms with E-state index in [4.69, 9.17) is 5.11 Å². The number of rotatable bonds is 4. The van der Waals surface area contributed by atoms with Crippen molar-refractivity contribution >= 4 is 14.0 Å². The van der Waals surface area contributed by atoms with Crippen LogP contribution in [-0.2, 0) is 4.79 Å². The molecule has 0 aliphatic rings. The second-order valence-electron chi connectivity index (χ2n) is 4.32. The van der Waals surface area contributed by atoms with Crippen LogP contribution in [0.25, 0.3) is 0 Å². The highest BCUT2D eigenvalue weighted by molar-refractivity contribution is 6.83. The summed E-state index contributed by atoms with van der Waals surface area (Å²) in [5.74, 6) is 1.95. The number of carbonyl (C=O) groups is 1. The Morgan fingerprint density at radius 1 is 1.43 bits per heavy atom. The molecule has 0 saturated carbocycles. The van der Waals surface area contributed by atoms with Gasteiger partial charge in [0, 0.05) is 6.42 Å². The van der Waals surface area contributed by atoms with E-state index >= 15 is 0 Å². The highest BCUT2D eigenvalue weighted by Gasteiger charge is 2.09. The molecule has 0 amide bonds. The smallest absolute Gasteiger partial charge is 0.303 e. The zero-order valence-electron chi connectivity index (χ0n) is 9.00. The zero-order chi connectivity index (χ0) is 11.2. The summed E-state index contributed by atoms with van der Waals surface area (Å²) in [7, 11) is -1.42. The second-order valence-corrected chi connectivity index (χ2v) is 9.07. The van der Waals surface area contributed by atoms with E-state index in [0.29, 0.717) is 12.8 Å². The maximum Gasteiger partial charge on any atom is 0.303 e. The second kappa shape index (κ2) is 5.84. The molecule has 4 heteroatoms. The first-order valence-electron chi connectivity index (χ1n) is 4.74. The van der Waals surface area contributed by atoms with Gasteiger partial charge in [0.2, 0.25) is 0 Å². The number of carboxylic acid groups (broad SMARTS) is 1. The molecule has 0 aromatic heterocycles. The Labute approximate surface area is 86.2 Å². The van der Waals surface area contributed by atoms with Gasteiger partial charge in [-0.3, -0.25) is 4.79 Å². The molecule has 0 fully saturated rings. The van der Waals surface area contributed by atoms with Crippen LogP contribution in [-0.4, -0.2) is 30.4 Å². The lowest BCUT2D eigenvalue weighted by atomic mass is 10.2. The minimum absolute atomic E-state index is 0.103. The van der Waals surface area contributed by atoms with Gasteiger partial charge in [-0.2, -0.15) is 0 Å². The molecule has 0 aromatic carbocycles. The number of aliphatic carboxylic acids is 1. The Hall–Kier alpha value is -0.793. The van der Waals surface area contributed by atoms with Gasteiger partial charge in [-0.15, -0.1) is 5.54 Å². The van der Waals surface area contributed by atoms with E-state index in [0.717, 1.165) is 0 Å². The summed E-state index contributed by atoms with van der Waals surface area (Å²) in [5, 5.41) is 17.8. The van der Waals surface area contributed by atoms with E-state index < -0.39 is 20.1 Å². The van der Waals surface area contributed by atoms with Crippen molar-refractivity contribution in [3.63, 3.8) is 0 Å². The zero-order valence-corrected chi connectivity index (χ0v) is 10.0. The minimum atomic E-state index is -1.42. The predicted molar refractivity (Wildman–Crippen MR) is 58.6 cm³/mol. The number of aliphatic hydroxyl groups is 1. The highest BCUT2D eigenvalue weighted by atomic mass is 28.3. The summed E-state index contributed by atoms with van der Waals surface area (Å²) in [6, 6.07) is 0. The Bertz CT molecular complexity index is 244. The number of hydrogen-bond acceptors (Lipinski definition) is 2. The van der Waals surface area contributed by atoms with Gasteiger partial charge in [-0.25, -0.2) is 0 Å². The molecule has 0 saturated heterocycles. The Balaban J connectivity index is 3.79. The predicted octanol–water partition coefficient (Wildman–Crippen LogP) is 1.48. The topological polar surface area (TPSA) is 57.5 Å². The van der Waals surface area contributed by atoms with Crippen LogP contribution >= 0.6 is 0 Å². The van der Waals surface area contributed by atoms with Gasteiger partial charge < -0.3 is 10.2 Å². The molecule has 0 spiro atoms. The fourth-order valence-corrected chi connectivity index (χ4v) is 1.42. The largest absolute Gasteiger partial charge is 0.481 e. The number of hydrogen-bond donors (Lipinski definition) is 2. The van der Waals surface area contributed by atoms with Crippen LogP contribution < -0.4 is 0 Å². The average molecular weight is 214 g/mol. The van der Waals surface area contributed by atoms with Crippen molar-refractivity contribution in [2.24, 2.45) is 0 Å². The van der Waals surface area contributed by atoms with E-state index in [9.17, 15) is 9.90 Å². The van der Waals surface area contributed by atoms with Gasteiger partial charge >= 0.3 is 5.97 Å². The first-order valence-corrected chi connectivity index (χ1v) is 8.24. The molecule has 80 valence electrons. The van der Waals surface area contributed by atoms with Gasteiger partial charge in [0.15, 0.2) is 0 Å². The maximum absolute atomic E-state index is 10.2. The molecular formula is C10H18O3Si. The van der Waals surface area contributed by atoms with Crippen molar-refractivity contribution in [1.29, 1.82) is 0 Å². The summed E-state index contributed by atoms with van der Waals surface area (Å²) in [6.07, 6.45) is 0.368. The van der Waals surface area contributed by atoms with Crippen LogP contribution in [0.3, 0.4) is 0 Å². The fourth-order valence-electron chi connectivity index (χ4n) is 0.819. The lowest BCUT2D eigenvalue weighted by Gasteiger charge is -2.06. The molecule has 0 rings (SSSR count). The van der Waals surface area contributed by atoms with E-state index in [2.05, 4.69) is 31.1 Å². The summed E-state index contributed by atoms with van der Waals surface area (Å²) < 4.78 is 0. The molecule has 3 nitrogen and oxygen atoms in total. The van der Waals surface area contributed by atoms with Crippen LogP contribution in [0, 0.1) is 11.5 Å². The molecule has 2 N–H and O–H groups in total. The van der Waals surface area contributed by atoms with Gasteiger partial charge in [0.25, 0.3) is 0 Å². The Kier molecular flexibility index (Phi) is 5.51. The summed E-state index contributed by atoms with van der Waals surface area (Å²) in [5.41, 5.74) is 3.05. The Morgan fingerprint density at radius 3 is 2.43 bits per heavy atom. The van der Waals surface area contributed by atoms with Gasteiger partial charge in [-0.1, -0.05) is 25.6 Å². The van der Waals surface area contributed by atoms with Crippen molar-refractivity contribution in [2.45, 2.75) is 45.0 Å². The molecule has 1 atom stereocenters. The fraction of sp³-hybridized carbons (Fsp3) is 0.700. The molecule has 0 radical (unpaired) electrons. The van der Waals surface area contributed by atoms with E-state index in [-0.39, 0.29) is 6.42 Å². The van der Waals surface area contributed by atoms with Gasteiger partial charge in [0.1, 0.15) is 14.2 Å². The Morgan fingerprint density at radius 2 is 2.00 bits per heavy atom. The normalized spacial score (nSPS) is 12.9.